The van der Waals surface area contributed by atoms with Crippen molar-refractivity contribution < 1.29 is 14.6 Å². The quantitative estimate of drug-likeness (QED) is 0.599. The largest absolute Gasteiger partial charge is 0.469 e. The van der Waals surface area contributed by atoms with Gasteiger partial charge < -0.3 is 9.84 Å². The highest BCUT2D eigenvalue weighted by molar-refractivity contribution is 5.73. The lowest BCUT2D eigenvalue weighted by Gasteiger charge is -2.29. The van der Waals surface area contributed by atoms with Gasteiger partial charge in [0.2, 0.25) is 0 Å². The average Bonchev–Trinajstić information content (AvgIpc) is 2.03. The van der Waals surface area contributed by atoms with Crippen molar-refractivity contribution in [1.29, 1.82) is 0 Å². The van der Waals surface area contributed by atoms with Crippen LogP contribution in [0.3, 0.4) is 0 Å². The van der Waals surface area contributed by atoms with Crippen molar-refractivity contribution >= 4 is 5.97 Å². The van der Waals surface area contributed by atoms with Crippen molar-refractivity contribution in [3.05, 3.63) is 0 Å². The van der Waals surface area contributed by atoms with Gasteiger partial charge in [-0.2, -0.15) is 0 Å². The van der Waals surface area contributed by atoms with E-state index in [1.54, 1.807) is 0 Å². The van der Waals surface area contributed by atoms with Crippen molar-refractivity contribution in [1.82, 2.24) is 0 Å². The van der Waals surface area contributed by atoms with Crippen molar-refractivity contribution in [2.75, 3.05) is 7.11 Å². The first-order chi connectivity index (χ1) is 5.65. The zero-order valence-electron chi connectivity index (χ0n) is 7.62. The number of hydrogen-bond donors (Lipinski definition) is 1. The molecule has 0 aromatic heterocycles. The zero-order valence-corrected chi connectivity index (χ0v) is 7.62. The van der Waals surface area contributed by atoms with E-state index in [4.69, 9.17) is 0 Å². The van der Waals surface area contributed by atoms with Crippen LogP contribution in [0.1, 0.15) is 26.2 Å². The van der Waals surface area contributed by atoms with Gasteiger partial charge in [0.15, 0.2) is 0 Å². The molecule has 1 saturated carbocycles. The molecule has 1 fully saturated rings. The maximum absolute atomic E-state index is 11.1. The molecular weight excluding hydrogens is 156 g/mol. The molecule has 0 aromatic rings. The van der Waals surface area contributed by atoms with Crippen molar-refractivity contribution in [3.63, 3.8) is 0 Å². The monoisotopic (exact) mass is 172 g/mol. The lowest BCUT2D eigenvalue weighted by molar-refractivity contribution is -0.151. The van der Waals surface area contributed by atoms with Gasteiger partial charge in [0.05, 0.1) is 19.1 Å². The Bertz CT molecular complexity index is 167. The number of methoxy groups -OCH3 is 1. The van der Waals surface area contributed by atoms with E-state index < -0.39 is 6.10 Å². The van der Waals surface area contributed by atoms with Gasteiger partial charge in [-0.1, -0.05) is 6.92 Å². The Kier molecular flexibility index (Phi) is 3.09. The first-order valence-corrected chi connectivity index (χ1v) is 4.41. The van der Waals surface area contributed by atoms with Gasteiger partial charge in [-0.15, -0.1) is 0 Å². The van der Waals surface area contributed by atoms with E-state index in [2.05, 4.69) is 11.7 Å². The van der Waals surface area contributed by atoms with E-state index in [0.29, 0.717) is 5.92 Å². The molecule has 12 heavy (non-hydrogen) atoms. The second-order valence-electron chi connectivity index (χ2n) is 3.62. The van der Waals surface area contributed by atoms with Gasteiger partial charge in [0, 0.05) is 0 Å². The number of hydrogen-bond acceptors (Lipinski definition) is 3. The molecule has 0 amide bonds. The van der Waals surface area contributed by atoms with E-state index in [0.717, 1.165) is 19.3 Å². The SMILES string of the molecule is COC(=O)[C@H]1CC[C@H](C)C[C@H]1O. The summed E-state index contributed by atoms with van der Waals surface area (Å²) >= 11 is 0. The number of carbonyl (C=O) groups excluding carboxylic acids is 1. The Morgan fingerprint density at radius 2 is 2.17 bits per heavy atom. The van der Waals surface area contributed by atoms with Crippen LogP contribution < -0.4 is 0 Å². The summed E-state index contributed by atoms with van der Waals surface area (Å²) in [6.45, 7) is 2.09. The lowest BCUT2D eigenvalue weighted by Crippen LogP contribution is -2.34. The smallest absolute Gasteiger partial charge is 0.311 e. The van der Waals surface area contributed by atoms with Crippen LogP contribution in [0.5, 0.6) is 0 Å². The Labute approximate surface area is 72.7 Å². The van der Waals surface area contributed by atoms with E-state index >= 15 is 0 Å². The van der Waals surface area contributed by atoms with Crippen molar-refractivity contribution in [2.24, 2.45) is 11.8 Å². The standard InChI is InChI=1S/C9H16O3/c1-6-3-4-7(8(10)5-6)9(11)12-2/h6-8,10H,3-5H2,1-2H3/t6-,7-,8+/m0/s1. The zero-order chi connectivity index (χ0) is 9.14. The molecule has 3 nitrogen and oxygen atoms in total. The van der Waals surface area contributed by atoms with Crippen LogP contribution in [0.15, 0.2) is 0 Å². The lowest BCUT2D eigenvalue weighted by atomic mass is 9.81. The second kappa shape index (κ2) is 3.90. The topological polar surface area (TPSA) is 46.5 Å². The molecule has 0 unspecified atom stereocenters. The predicted molar refractivity (Wildman–Crippen MR) is 44.5 cm³/mol. The Balaban J connectivity index is 2.50. The molecule has 1 N–H and O–H groups in total. The van der Waals surface area contributed by atoms with E-state index in [1.807, 2.05) is 0 Å². The summed E-state index contributed by atoms with van der Waals surface area (Å²) in [5.41, 5.74) is 0. The molecule has 3 heteroatoms. The molecule has 0 heterocycles. The molecule has 1 aliphatic carbocycles. The average molecular weight is 172 g/mol. The molecule has 0 spiro atoms. The van der Waals surface area contributed by atoms with Crippen LogP contribution in [0, 0.1) is 11.8 Å². The maximum Gasteiger partial charge on any atom is 0.311 e. The fourth-order valence-electron chi connectivity index (χ4n) is 1.78. The third-order valence-corrected chi connectivity index (χ3v) is 2.58. The Morgan fingerprint density at radius 3 is 2.67 bits per heavy atom. The first-order valence-electron chi connectivity index (χ1n) is 4.41. The number of ether oxygens (including phenoxy) is 1. The van der Waals surface area contributed by atoms with Crippen LogP contribution in [0.25, 0.3) is 0 Å². The summed E-state index contributed by atoms with van der Waals surface area (Å²) < 4.78 is 4.60. The van der Waals surface area contributed by atoms with Gasteiger partial charge in [-0.25, -0.2) is 0 Å². The highest BCUT2D eigenvalue weighted by Crippen LogP contribution is 2.29. The molecule has 0 aromatic carbocycles. The fraction of sp³-hybridized carbons (Fsp3) is 0.889. The summed E-state index contributed by atoms with van der Waals surface area (Å²) in [6, 6.07) is 0. The molecule has 1 rings (SSSR count). The third-order valence-electron chi connectivity index (χ3n) is 2.58. The Morgan fingerprint density at radius 1 is 1.50 bits per heavy atom. The third kappa shape index (κ3) is 1.97. The van der Waals surface area contributed by atoms with E-state index in [9.17, 15) is 9.90 Å². The van der Waals surface area contributed by atoms with E-state index in [-0.39, 0.29) is 11.9 Å². The number of aliphatic hydroxyl groups excluding tert-OH is 1. The van der Waals surface area contributed by atoms with Gasteiger partial charge in [-0.3, -0.25) is 4.79 Å². The highest BCUT2D eigenvalue weighted by atomic mass is 16.5. The normalized spacial score (nSPS) is 36.1. The van der Waals surface area contributed by atoms with Gasteiger partial charge in [0.1, 0.15) is 0 Å². The predicted octanol–water partition coefficient (Wildman–Crippen LogP) is 0.956. The summed E-state index contributed by atoms with van der Waals surface area (Å²) in [6.07, 6.45) is 1.99. The summed E-state index contributed by atoms with van der Waals surface area (Å²) in [7, 11) is 1.37. The number of rotatable bonds is 1. The van der Waals surface area contributed by atoms with Crippen LogP contribution in [0.2, 0.25) is 0 Å². The molecule has 0 aliphatic heterocycles. The van der Waals surface area contributed by atoms with Crippen LogP contribution in [-0.2, 0) is 9.53 Å². The van der Waals surface area contributed by atoms with Crippen molar-refractivity contribution in [3.8, 4) is 0 Å². The van der Waals surface area contributed by atoms with Gasteiger partial charge in [0.25, 0.3) is 0 Å². The van der Waals surface area contributed by atoms with Gasteiger partial charge >= 0.3 is 5.97 Å². The van der Waals surface area contributed by atoms with Gasteiger partial charge in [-0.05, 0) is 25.2 Å². The molecule has 0 saturated heterocycles. The molecule has 3 atom stereocenters. The molecule has 0 bridgehead atoms. The van der Waals surface area contributed by atoms with Crippen LogP contribution >= 0.6 is 0 Å². The summed E-state index contributed by atoms with van der Waals surface area (Å²) in [4.78, 5) is 11.1. The number of esters is 1. The fourth-order valence-corrected chi connectivity index (χ4v) is 1.78. The maximum atomic E-state index is 11.1. The molecular formula is C9H16O3. The minimum absolute atomic E-state index is 0.269. The van der Waals surface area contributed by atoms with E-state index in [1.165, 1.54) is 7.11 Å². The first kappa shape index (κ1) is 9.52. The molecule has 1 aliphatic rings. The van der Waals surface area contributed by atoms with Crippen LogP contribution in [0.4, 0.5) is 0 Å². The Hall–Kier alpha value is -0.570. The summed E-state index contributed by atoms with van der Waals surface area (Å²) in [5, 5.41) is 9.54. The number of carbonyl (C=O) groups is 1. The minimum atomic E-state index is -0.499. The minimum Gasteiger partial charge on any atom is -0.469 e. The highest BCUT2D eigenvalue weighted by Gasteiger charge is 2.32. The summed E-state index contributed by atoms with van der Waals surface area (Å²) in [5.74, 6) is -0.0264. The number of aliphatic hydroxyl groups is 1. The molecule has 0 radical (unpaired) electrons. The molecule has 70 valence electrons. The second-order valence-corrected chi connectivity index (χ2v) is 3.62. The van der Waals surface area contributed by atoms with Crippen LogP contribution in [-0.4, -0.2) is 24.3 Å². The van der Waals surface area contributed by atoms with Crippen molar-refractivity contribution in [2.45, 2.75) is 32.3 Å².